The first-order chi connectivity index (χ1) is 8.67. The number of carbonyl (C=O) groups excluding carboxylic acids is 1. The van der Waals surface area contributed by atoms with Gasteiger partial charge in [-0.1, -0.05) is 12.2 Å². The molecule has 19 heavy (non-hydrogen) atoms. The largest absolute Gasteiger partial charge is 0.479 e. The van der Waals surface area contributed by atoms with E-state index >= 15 is 0 Å². The molecule has 5 nitrogen and oxygen atoms in total. The molecule has 2 unspecified atom stereocenters. The highest BCUT2D eigenvalue weighted by Crippen LogP contribution is 2.30. The molecule has 0 aromatic carbocycles. The van der Waals surface area contributed by atoms with E-state index in [0.29, 0.717) is 19.8 Å². The topological polar surface area (TPSA) is 78.4 Å². The van der Waals surface area contributed by atoms with E-state index in [2.05, 4.69) is 5.32 Å². The van der Waals surface area contributed by atoms with Crippen LogP contribution in [0.1, 0.15) is 26.2 Å². The van der Waals surface area contributed by atoms with Crippen LogP contribution in [0.3, 0.4) is 0 Å². The van der Waals surface area contributed by atoms with E-state index in [1.54, 1.807) is 0 Å². The Bertz CT molecular complexity index is 395. The standard InChI is InChI=1S/C11H15F3N2O3/c1-10(8(17)18,11(12,13)14)16-9(19)15-7-5-3-2-4-6-7/h2-3,7H,4-6H2,1H3,(H,17,18)(H2,15,16,19). The van der Waals surface area contributed by atoms with Crippen LogP contribution in [0.15, 0.2) is 12.2 Å². The number of hydrogen-bond acceptors (Lipinski definition) is 2. The zero-order chi connectivity index (χ0) is 14.7. The maximum atomic E-state index is 12.7. The minimum absolute atomic E-state index is 0.281. The molecular weight excluding hydrogens is 265 g/mol. The second-order valence-corrected chi connectivity index (χ2v) is 4.51. The van der Waals surface area contributed by atoms with Gasteiger partial charge in [0.2, 0.25) is 5.54 Å². The van der Waals surface area contributed by atoms with Crippen molar-refractivity contribution in [2.24, 2.45) is 0 Å². The van der Waals surface area contributed by atoms with E-state index < -0.39 is 23.7 Å². The van der Waals surface area contributed by atoms with Crippen LogP contribution in [0.4, 0.5) is 18.0 Å². The Morgan fingerprint density at radius 1 is 1.32 bits per heavy atom. The third kappa shape index (κ3) is 3.62. The van der Waals surface area contributed by atoms with Gasteiger partial charge in [-0.15, -0.1) is 0 Å². The Labute approximate surface area is 107 Å². The third-order valence-corrected chi connectivity index (χ3v) is 2.96. The van der Waals surface area contributed by atoms with Crippen molar-refractivity contribution < 1.29 is 27.9 Å². The molecule has 0 aromatic heterocycles. The van der Waals surface area contributed by atoms with Crippen molar-refractivity contribution in [2.45, 2.75) is 43.9 Å². The number of rotatable bonds is 3. The van der Waals surface area contributed by atoms with Gasteiger partial charge >= 0.3 is 18.2 Å². The van der Waals surface area contributed by atoms with E-state index in [9.17, 15) is 22.8 Å². The number of carboxylic acids is 1. The minimum atomic E-state index is -5.08. The Morgan fingerprint density at radius 3 is 2.37 bits per heavy atom. The molecule has 2 atom stereocenters. The molecular formula is C11H15F3N2O3. The van der Waals surface area contributed by atoms with Gasteiger partial charge in [-0.3, -0.25) is 0 Å². The fraction of sp³-hybridized carbons (Fsp3) is 0.636. The van der Waals surface area contributed by atoms with Crippen LogP contribution < -0.4 is 10.6 Å². The Kier molecular flexibility index (Phi) is 4.43. The Hall–Kier alpha value is -1.73. The Morgan fingerprint density at radius 2 is 1.95 bits per heavy atom. The lowest BCUT2D eigenvalue weighted by Crippen LogP contribution is -2.64. The molecule has 0 heterocycles. The van der Waals surface area contributed by atoms with Crippen LogP contribution in [-0.2, 0) is 4.79 Å². The zero-order valence-electron chi connectivity index (χ0n) is 10.3. The molecule has 0 saturated carbocycles. The van der Waals surface area contributed by atoms with Gasteiger partial charge < -0.3 is 15.7 Å². The zero-order valence-corrected chi connectivity index (χ0v) is 10.3. The molecule has 0 bridgehead atoms. The highest BCUT2D eigenvalue weighted by molar-refractivity contribution is 5.86. The van der Waals surface area contributed by atoms with Gasteiger partial charge in [0.15, 0.2) is 0 Å². The van der Waals surface area contributed by atoms with Crippen molar-refractivity contribution >= 4 is 12.0 Å². The smallest absolute Gasteiger partial charge is 0.422 e. The van der Waals surface area contributed by atoms with Crippen LogP contribution in [0.2, 0.25) is 0 Å². The summed E-state index contributed by atoms with van der Waals surface area (Å²) < 4.78 is 38.0. The summed E-state index contributed by atoms with van der Waals surface area (Å²) in [6.07, 6.45) is 0.494. The molecule has 2 amide bonds. The number of carboxylic acid groups (broad SMARTS) is 1. The van der Waals surface area contributed by atoms with Crippen molar-refractivity contribution in [2.75, 3.05) is 0 Å². The molecule has 0 fully saturated rings. The molecule has 0 aromatic rings. The number of halogens is 3. The fourth-order valence-electron chi connectivity index (χ4n) is 1.62. The van der Waals surface area contributed by atoms with Gasteiger partial charge in [-0.2, -0.15) is 13.2 Å². The van der Waals surface area contributed by atoms with E-state index in [0.717, 1.165) is 6.42 Å². The van der Waals surface area contributed by atoms with E-state index in [1.165, 1.54) is 5.32 Å². The van der Waals surface area contributed by atoms with Gasteiger partial charge in [0.25, 0.3) is 0 Å². The lowest BCUT2D eigenvalue weighted by Gasteiger charge is -2.29. The molecule has 1 aliphatic carbocycles. The monoisotopic (exact) mass is 280 g/mol. The van der Waals surface area contributed by atoms with E-state index in [4.69, 9.17) is 5.11 Å². The summed E-state index contributed by atoms with van der Waals surface area (Å²) in [6, 6.07) is -1.42. The molecule has 1 rings (SSSR count). The van der Waals surface area contributed by atoms with Crippen molar-refractivity contribution in [3.63, 3.8) is 0 Å². The molecule has 0 saturated heterocycles. The van der Waals surface area contributed by atoms with Crippen LogP contribution >= 0.6 is 0 Å². The normalized spacial score (nSPS) is 22.4. The predicted molar refractivity (Wildman–Crippen MR) is 60.5 cm³/mol. The molecule has 0 spiro atoms. The summed E-state index contributed by atoms with van der Waals surface area (Å²) in [7, 11) is 0. The maximum absolute atomic E-state index is 12.7. The number of aliphatic carboxylic acids is 1. The molecule has 3 N–H and O–H groups in total. The number of carbonyl (C=O) groups is 2. The predicted octanol–water partition coefficient (Wildman–Crippen LogP) is 1.80. The van der Waals surface area contributed by atoms with Crippen LogP contribution in [0, 0.1) is 0 Å². The lowest BCUT2D eigenvalue weighted by atomic mass is 10.0. The average molecular weight is 280 g/mol. The number of allylic oxidation sites excluding steroid dienone is 1. The molecule has 0 radical (unpaired) electrons. The second kappa shape index (κ2) is 5.50. The van der Waals surface area contributed by atoms with Gasteiger partial charge in [-0.05, 0) is 26.2 Å². The van der Waals surface area contributed by atoms with Crippen molar-refractivity contribution in [3.05, 3.63) is 12.2 Å². The van der Waals surface area contributed by atoms with E-state index in [-0.39, 0.29) is 6.04 Å². The fourth-order valence-corrected chi connectivity index (χ4v) is 1.62. The summed E-state index contributed by atoms with van der Waals surface area (Å²) in [5.41, 5.74) is -3.30. The Balaban J connectivity index is 2.67. The number of nitrogens with one attached hydrogen (secondary N) is 2. The molecule has 108 valence electrons. The van der Waals surface area contributed by atoms with Crippen molar-refractivity contribution in [3.8, 4) is 0 Å². The SMILES string of the molecule is CC(NC(=O)NC1CC=CCC1)(C(=O)O)C(F)(F)F. The van der Waals surface area contributed by atoms with Crippen LogP contribution in [0.5, 0.6) is 0 Å². The summed E-state index contributed by atoms with van der Waals surface area (Å²) in [5.74, 6) is -2.15. The van der Waals surface area contributed by atoms with Crippen molar-refractivity contribution in [1.29, 1.82) is 0 Å². The second-order valence-electron chi connectivity index (χ2n) is 4.51. The number of urea groups is 1. The third-order valence-electron chi connectivity index (χ3n) is 2.96. The van der Waals surface area contributed by atoms with Gasteiger partial charge in [0, 0.05) is 6.04 Å². The lowest BCUT2D eigenvalue weighted by molar-refractivity contribution is -0.203. The minimum Gasteiger partial charge on any atom is -0.479 e. The van der Waals surface area contributed by atoms with Gasteiger partial charge in [-0.25, -0.2) is 9.59 Å². The quantitative estimate of drug-likeness (QED) is 0.690. The maximum Gasteiger partial charge on any atom is 0.422 e. The number of hydrogen-bond donors (Lipinski definition) is 3. The van der Waals surface area contributed by atoms with Crippen molar-refractivity contribution in [1.82, 2.24) is 10.6 Å². The van der Waals surface area contributed by atoms with E-state index in [1.807, 2.05) is 12.2 Å². The first-order valence-electron chi connectivity index (χ1n) is 5.70. The first-order valence-corrected chi connectivity index (χ1v) is 5.70. The summed E-state index contributed by atoms with van der Waals surface area (Å²) >= 11 is 0. The van der Waals surface area contributed by atoms with Crippen LogP contribution in [0.25, 0.3) is 0 Å². The highest BCUT2D eigenvalue weighted by atomic mass is 19.4. The first kappa shape index (κ1) is 15.3. The van der Waals surface area contributed by atoms with Gasteiger partial charge in [0.05, 0.1) is 0 Å². The number of amides is 2. The summed E-state index contributed by atoms with van der Waals surface area (Å²) in [4.78, 5) is 22.2. The van der Waals surface area contributed by atoms with Gasteiger partial charge in [0.1, 0.15) is 0 Å². The highest BCUT2D eigenvalue weighted by Gasteiger charge is 2.58. The summed E-state index contributed by atoms with van der Waals surface area (Å²) in [6.45, 7) is 0.412. The average Bonchev–Trinajstić information content (AvgIpc) is 2.28. The summed E-state index contributed by atoms with van der Waals surface area (Å²) in [5, 5.41) is 12.5. The number of alkyl halides is 3. The molecule has 8 heteroatoms. The molecule has 1 aliphatic rings. The van der Waals surface area contributed by atoms with Crippen LogP contribution in [-0.4, -0.2) is 34.9 Å². The molecule has 0 aliphatic heterocycles.